The second-order valence-electron chi connectivity index (χ2n) is 8.20. The maximum Gasteiger partial charge on any atom is 0.290 e. The number of benzene rings is 1. The standard InChI is InChI=1S/C25H30N2O6/c1-2-3-13-32-19-7-4-6-18(17-19)22-21(23(28)20-8-5-14-33-20)24(29)25(30)27(22)10-9-26-11-15-31-16-12-26/h4-8,14,17,22,29H,2-3,9-13,15-16H2,1H3. The Morgan fingerprint density at radius 2 is 2.00 bits per heavy atom. The number of hydrogen-bond donors (Lipinski definition) is 1. The normalized spacial score (nSPS) is 19.4. The molecule has 0 bridgehead atoms. The highest BCUT2D eigenvalue weighted by Gasteiger charge is 2.44. The van der Waals surface area contributed by atoms with Gasteiger partial charge in [0, 0.05) is 26.2 Å². The molecule has 1 unspecified atom stereocenters. The highest BCUT2D eigenvalue weighted by Crippen LogP contribution is 2.39. The molecule has 2 aliphatic rings. The fraction of sp³-hybridized carbons (Fsp3) is 0.440. The van der Waals surface area contributed by atoms with E-state index in [0.29, 0.717) is 44.2 Å². The number of aliphatic hydroxyl groups excluding tert-OH is 1. The summed E-state index contributed by atoms with van der Waals surface area (Å²) in [7, 11) is 0. The second kappa shape index (κ2) is 10.7. The van der Waals surface area contributed by atoms with Gasteiger partial charge in [-0.15, -0.1) is 0 Å². The lowest BCUT2D eigenvalue weighted by Crippen LogP contribution is -2.43. The molecule has 0 radical (unpaired) electrons. The molecule has 1 saturated heterocycles. The molecule has 1 atom stereocenters. The first-order valence-electron chi connectivity index (χ1n) is 11.4. The number of carbonyl (C=O) groups excluding carboxylic acids is 2. The van der Waals surface area contributed by atoms with E-state index in [4.69, 9.17) is 13.9 Å². The monoisotopic (exact) mass is 454 g/mol. The van der Waals surface area contributed by atoms with Gasteiger partial charge in [0.05, 0.1) is 37.7 Å². The predicted octanol–water partition coefficient (Wildman–Crippen LogP) is 3.37. The van der Waals surface area contributed by atoms with Crippen LogP contribution in [0.5, 0.6) is 5.75 Å². The van der Waals surface area contributed by atoms with Crippen LogP contribution in [0.3, 0.4) is 0 Å². The molecule has 1 aromatic carbocycles. The van der Waals surface area contributed by atoms with Crippen molar-refractivity contribution in [1.29, 1.82) is 0 Å². The smallest absolute Gasteiger partial charge is 0.290 e. The van der Waals surface area contributed by atoms with E-state index in [0.717, 1.165) is 25.9 Å². The molecule has 4 rings (SSSR count). The summed E-state index contributed by atoms with van der Waals surface area (Å²) in [5, 5.41) is 10.8. The number of carbonyl (C=O) groups is 2. The predicted molar refractivity (Wildman–Crippen MR) is 121 cm³/mol. The fourth-order valence-corrected chi connectivity index (χ4v) is 4.19. The van der Waals surface area contributed by atoms with Crippen molar-refractivity contribution in [2.45, 2.75) is 25.8 Å². The van der Waals surface area contributed by atoms with Gasteiger partial charge in [0.15, 0.2) is 11.5 Å². The second-order valence-corrected chi connectivity index (χ2v) is 8.20. The van der Waals surface area contributed by atoms with E-state index < -0.39 is 23.5 Å². The number of aliphatic hydroxyl groups is 1. The summed E-state index contributed by atoms with van der Waals surface area (Å²) in [6.45, 7) is 6.54. The van der Waals surface area contributed by atoms with E-state index in [-0.39, 0.29) is 11.3 Å². The number of unbranched alkanes of at least 4 members (excludes halogenated alkanes) is 1. The van der Waals surface area contributed by atoms with Crippen molar-refractivity contribution in [3.8, 4) is 5.75 Å². The Morgan fingerprint density at radius 3 is 2.73 bits per heavy atom. The van der Waals surface area contributed by atoms with E-state index in [2.05, 4.69) is 11.8 Å². The first-order chi connectivity index (χ1) is 16.1. The van der Waals surface area contributed by atoms with Gasteiger partial charge in [-0.3, -0.25) is 14.5 Å². The van der Waals surface area contributed by atoms with Gasteiger partial charge in [-0.2, -0.15) is 0 Å². The third-order valence-corrected chi connectivity index (χ3v) is 5.99. The third-order valence-electron chi connectivity index (χ3n) is 5.99. The third kappa shape index (κ3) is 5.12. The number of furan rings is 1. The summed E-state index contributed by atoms with van der Waals surface area (Å²) in [5.41, 5.74) is 0.737. The summed E-state index contributed by atoms with van der Waals surface area (Å²) in [5.74, 6) is -0.833. The number of Topliss-reactive ketones (excluding diaryl/α,β-unsaturated/α-hetero) is 1. The Balaban J connectivity index is 1.64. The minimum atomic E-state index is -0.731. The average Bonchev–Trinajstić information content (AvgIpc) is 3.46. The summed E-state index contributed by atoms with van der Waals surface area (Å²) in [6.07, 6.45) is 3.35. The highest BCUT2D eigenvalue weighted by atomic mass is 16.5. The number of rotatable bonds is 10. The molecule has 1 aromatic heterocycles. The average molecular weight is 455 g/mol. The molecule has 2 aliphatic heterocycles. The van der Waals surface area contributed by atoms with Crippen LogP contribution in [0.15, 0.2) is 58.4 Å². The molecule has 1 amide bonds. The lowest BCUT2D eigenvalue weighted by molar-refractivity contribution is -0.129. The van der Waals surface area contributed by atoms with Crippen LogP contribution in [0.25, 0.3) is 0 Å². The molecular weight excluding hydrogens is 424 g/mol. The number of morpholine rings is 1. The minimum Gasteiger partial charge on any atom is -0.503 e. The minimum absolute atomic E-state index is 0.0302. The highest BCUT2D eigenvalue weighted by molar-refractivity contribution is 6.15. The molecule has 33 heavy (non-hydrogen) atoms. The van der Waals surface area contributed by atoms with Crippen LogP contribution < -0.4 is 4.74 Å². The number of nitrogens with zero attached hydrogens (tertiary/aromatic N) is 2. The van der Waals surface area contributed by atoms with Crippen LogP contribution in [0.2, 0.25) is 0 Å². The van der Waals surface area contributed by atoms with E-state index in [1.807, 2.05) is 24.3 Å². The first kappa shape index (κ1) is 23.1. The molecule has 0 aliphatic carbocycles. The molecule has 0 spiro atoms. The Bertz CT molecular complexity index is 994. The lowest BCUT2D eigenvalue weighted by Gasteiger charge is -2.31. The topological polar surface area (TPSA) is 92.5 Å². The summed E-state index contributed by atoms with van der Waals surface area (Å²) in [6, 6.07) is 9.78. The zero-order valence-corrected chi connectivity index (χ0v) is 18.9. The largest absolute Gasteiger partial charge is 0.503 e. The first-order valence-corrected chi connectivity index (χ1v) is 11.4. The summed E-state index contributed by atoms with van der Waals surface area (Å²) >= 11 is 0. The summed E-state index contributed by atoms with van der Waals surface area (Å²) < 4.78 is 16.5. The van der Waals surface area contributed by atoms with Crippen molar-refractivity contribution in [2.75, 3.05) is 46.0 Å². The molecule has 8 heteroatoms. The van der Waals surface area contributed by atoms with E-state index >= 15 is 0 Å². The molecular formula is C25H30N2O6. The van der Waals surface area contributed by atoms with Crippen LogP contribution in [0.1, 0.15) is 41.9 Å². The van der Waals surface area contributed by atoms with Crippen molar-refractivity contribution in [1.82, 2.24) is 9.80 Å². The van der Waals surface area contributed by atoms with Crippen molar-refractivity contribution in [3.05, 3.63) is 65.3 Å². The van der Waals surface area contributed by atoms with Crippen LogP contribution in [0, 0.1) is 0 Å². The van der Waals surface area contributed by atoms with Crippen LogP contribution >= 0.6 is 0 Å². The molecule has 1 fully saturated rings. The van der Waals surface area contributed by atoms with Gasteiger partial charge < -0.3 is 23.9 Å². The SMILES string of the molecule is CCCCOc1cccc(C2C(C(=O)c3ccco3)=C(O)C(=O)N2CCN2CCOCC2)c1. The molecule has 2 aromatic rings. The van der Waals surface area contributed by atoms with Gasteiger partial charge in [-0.05, 0) is 36.2 Å². The van der Waals surface area contributed by atoms with Crippen molar-refractivity contribution < 1.29 is 28.6 Å². The zero-order chi connectivity index (χ0) is 23.2. The number of ether oxygens (including phenoxy) is 2. The summed E-state index contributed by atoms with van der Waals surface area (Å²) in [4.78, 5) is 30.1. The van der Waals surface area contributed by atoms with Gasteiger partial charge >= 0.3 is 0 Å². The fourth-order valence-electron chi connectivity index (χ4n) is 4.19. The number of amides is 1. The quantitative estimate of drug-likeness (QED) is 0.435. The van der Waals surface area contributed by atoms with Gasteiger partial charge in [-0.1, -0.05) is 25.5 Å². The Hall–Kier alpha value is -3.10. The van der Waals surface area contributed by atoms with E-state index in [1.165, 1.54) is 12.3 Å². The Morgan fingerprint density at radius 1 is 1.18 bits per heavy atom. The van der Waals surface area contributed by atoms with Crippen LogP contribution in [-0.2, 0) is 9.53 Å². The van der Waals surface area contributed by atoms with Crippen molar-refractivity contribution >= 4 is 11.7 Å². The van der Waals surface area contributed by atoms with E-state index in [9.17, 15) is 14.7 Å². The maximum absolute atomic E-state index is 13.2. The zero-order valence-electron chi connectivity index (χ0n) is 18.9. The van der Waals surface area contributed by atoms with E-state index in [1.54, 1.807) is 11.0 Å². The molecule has 8 nitrogen and oxygen atoms in total. The number of ketones is 1. The Kier molecular flexibility index (Phi) is 7.47. The molecule has 0 saturated carbocycles. The van der Waals surface area contributed by atoms with Gasteiger partial charge in [0.25, 0.3) is 5.91 Å². The molecule has 3 heterocycles. The lowest BCUT2D eigenvalue weighted by atomic mass is 9.95. The maximum atomic E-state index is 13.2. The Labute approximate surface area is 193 Å². The van der Waals surface area contributed by atoms with Crippen LogP contribution in [-0.4, -0.2) is 72.6 Å². The van der Waals surface area contributed by atoms with Crippen molar-refractivity contribution in [2.24, 2.45) is 0 Å². The molecule has 176 valence electrons. The van der Waals surface area contributed by atoms with Crippen molar-refractivity contribution in [3.63, 3.8) is 0 Å². The van der Waals surface area contributed by atoms with Gasteiger partial charge in [0.1, 0.15) is 5.75 Å². The van der Waals surface area contributed by atoms with Gasteiger partial charge in [0.2, 0.25) is 5.78 Å². The number of hydrogen-bond acceptors (Lipinski definition) is 7. The molecule has 1 N–H and O–H groups in total. The van der Waals surface area contributed by atoms with Crippen LogP contribution in [0.4, 0.5) is 0 Å². The van der Waals surface area contributed by atoms with Gasteiger partial charge in [-0.25, -0.2) is 0 Å².